The molecule has 4 rings (SSSR count). The minimum absolute atomic E-state index is 0.168. The van der Waals surface area contributed by atoms with Gasteiger partial charge in [0, 0.05) is 22.9 Å². The molecule has 1 heterocycles. The van der Waals surface area contributed by atoms with E-state index in [0.717, 1.165) is 22.8 Å². The highest BCUT2D eigenvalue weighted by Crippen LogP contribution is 2.35. The fourth-order valence-electron chi connectivity index (χ4n) is 3.94. The molecule has 0 saturated carbocycles. The molecule has 1 aliphatic rings. The van der Waals surface area contributed by atoms with E-state index in [1.165, 1.54) is 5.56 Å². The molecule has 1 N–H and O–H groups in total. The Kier molecular flexibility index (Phi) is 5.57. The molecule has 6 nitrogen and oxygen atoms in total. The molecule has 2 aromatic carbocycles. The largest absolute Gasteiger partial charge is 0.497 e. The van der Waals surface area contributed by atoms with Gasteiger partial charge in [-0.15, -0.1) is 0 Å². The zero-order valence-electron chi connectivity index (χ0n) is 17.3. The lowest BCUT2D eigenvalue weighted by Crippen LogP contribution is -2.20. The Hall–Kier alpha value is -3.54. The first-order valence-electron chi connectivity index (χ1n) is 9.96. The van der Waals surface area contributed by atoms with E-state index in [1.54, 1.807) is 31.4 Å². The highest BCUT2D eigenvalue weighted by atomic mass is 16.6. The number of hydrogen-bond acceptors (Lipinski definition) is 4. The second-order valence-corrected chi connectivity index (χ2v) is 7.36. The fourth-order valence-corrected chi connectivity index (χ4v) is 3.94. The number of rotatable bonds is 5. The van der Waals surface area contributed by atoms with Gasteiger partial charge >= 0.3 is 6.09 Å². The van der Waals surface area contributed by atoms with Crippen LogP contribution >= 0.6 is 0 Å². The molecule has 154 valence electrons. The van der Waals surface area contributed by atoms with Crippen LogP contribution < -0.4 is 10.1 Å². The number of para-hydroxylation sites is 1. The van der Waals surface area contributed by atoms with E-state index in [-0.39, 0.29) is 12.0 Å². The summed E-state index contributed by atoms with van der Waals surface area (Å²) in [5, 5.41) is 7.49. The fraction of sp³-hybridized carbons (Fsp3) is 0.250. The quantitative estimate of drug-likeness (QED) is 0.598. The number of aryl methyl sites for hydroxylation is 1. The smallest absolute Gasteiger partial charge is 0.412 e. The molecule has 1 aromatic heterocycles. The monoisotopic (exact) mass is 403 g/mol. The predicted molar refractivity (Wildman–Crippen MR) is 116 cm³/mol. The van der Waals surface area contributed by atoms with Gasteiger partial charge in [0.25, 0.3) is 0 Å². The average molecular weight is 403 g/mol. The van der Waals surface area contributed by atoms with Crippen molar-refractivity contribution >= 4 is 11.8 Å². The molecule has 2 unspecified atom stereocenters. The lowest BCUT2D eigenvalue weighted by Gasteiger charge is -2.15. The van der Waals surface area contributed by atoms with Crippen LogP contribution in [0.2, 0.25) is 0 Å². The second-order valence-electron chi connectivity index (χ2n) is 7.36. The van der Waals surface area contributed by atoms with Gasteiger partial charge in [0.05, 0.1) is 18.5 Å². The zero-order valence-corrected chi connectivity index (χ0v) is 17.3. The third-order valence-electron chi connectivity index (χ3n) is 5.36. The number of aromatic nitrogens is 2. The van der Waals surface area contributed by atoms with Gasteiger partial charge in [-0.25, -0.2) is 9.48 Å². The molecular weight excluding hydrogens is 378 g/mol. The Morgan fingerprint density at radius 3 is 2.50 bits per heavy atom. The summed E-state index contributed by atoms with van der Waals surface area (Å²) < 4.78 is 12.7. The summed E-state index contributed by atoms with van der Waals surface area (Å²) >= 11 is 0. The van der Waals surface area contributed by atoms with Crippen molar-refractivity contribution in [3.63, 3.8) is 0 Å². The van der Waals surface area contributed by atoms with Crippen molar-refractivity contribution in [2.24, 2.45) is 0 Å². The van der Waals surface area contributed by atoms with Crippen LogP contribution in [-0.2, 0) is 4.74 Å². The topological polar surface area (TPSA) is 65.4 Å². The Morgan fingerprint density at radius 1 is 1.07 bits per heavy atom. The third-order valence-corrected chi connectivity index (χ3v) is 5.36. The highest BCUT2D eigenvalue weighted by molar-refractivity contribution is 5.84. The van der Waals surface area contributed by atoms with Crippen LogP contribution in [0.3, 0.4) is 0 Å². The standard InChI is InChI=1S/C24H25N3O3/c1-16-23(17(2)27(26-16)20-7-5-4-6-8-20)18-9-12-22(15-18)30-24(28)25-19-10-13-21(29-3)14-11-19/h4-14,18,22H,15H2,1-3H3,(H,25,28). The summed E-state index contributed by atoms with van der Waals surface area (Å²) in [5.41, 5.74) is 5.00. The van der Waals surface area contributed by atoms with Crippen LogP contribution in [0.15, 0.2) is 66.7 Å². The van der Waals surface area contributed by atoms with Gasteiger partial charge in [-0.2, -0.15) is 5.10 Å². The molecule has 1 aliphatic carbocycles. The summed E-state index contributed by atoms with van der Waals surface area (Å²) in [4.78, 5) is 12.3. The number of allylic oxidation sites excluding steroid dienone is 1. The Balaban J connectivity index is 1.40. The number of carbonyl (C=O) groups excluding carboxylic acids is 1. The number of ether oxygens (including phenoxy) is 2. The van der Waals surface area contributed by atoms with Crippen LogP contribution in [0.1, 0.15) is 29.3 Å². The number of carbonyl (C=O) groups is 1. The molecule has 0 spiro atoms. The number of benzene rings is 2. The first kappa shape index (κ1) is 19.8. The number of nitrogens with zero attached hydrogens (tertiary/aromatic N) is 2. The molecule has 6 heteroatoms. The van der Waals surface area contributed by atoms with Crippen molar-refractivity contribution < 1.29 is 14.3 Å². The third kappa shape index (κ3) is 4.08. The van der Waals surface area contributed by atoms with E-state index in [0.29, 0.717) is 12.1 Å². The van der Waals surface area contributed by atoms with Gasteiger partial charge in [-0.05, 0) is 62.7 Å². The molecule has 2 atom stereocenters. The van der Waals surface area contributed by atoms with Gasteiger partial charge in [-0.1, -0.05) is 24.3 Å². The van der Waals surface area contributed by atoms with Gasteiger partial charge in [0.2, 0.25) is 0 Å². The molecular formula is C24H25N3O3. The lowest BCUT2D eigenvalue weighted by atomic mass is 9.96. The molecule has 0 radical (unpaired) electrons. The number of amides is 1. The maximum atomic E-state index is 12.3. The average Bonchev–Trinajstić information content (AvgIpc) is 3.32. The van der Waals surface area contributed by atoms with E-state index in [2.05, 4.69) is 18.3 Å². The maximum Gasteiger partial charge on any atom is 0.412 e. The molecule has 0 bridgehead atoms. The number of nitrogens with one attached hydrogen (secondary N) is 1. The van der Waals surface area contributed by atoms with Crippen molar-refractivity contribution in [2.75, 3.05) is 12.4 Å². The molecule has 3 aromatic rings. The highest BCUT2D eigenvalue weighted by Gasteiger charge is 2.28. The van der Waals surface area contributed by atoms with E-state index >= 15 is 0 Å². The van der Waals surface area contributed by atoms with E-state index < -0.39 is 6.09 Å². The maximum absolute atomic E-state index is 12.3. The minimum Gasteiger partial charge on any atom is -0.497 e. The van der Waals surface area contributed by atoms with Gasteiger partial charge < -0.3 is 9.47 Å². The molecule has 30 heavy (non-hydrogen) atoms. The van der Waals surface area contributed by atoms with E-state index in [9.17, 15) is 4.79 Å². The molecule has 0 saturated heterocycles. The number of anilines is 1. The van der Waals surface area contributed by atoms with Crippen molar-refractivity contribution in [1.82, 2.24) is 9.78 Å². The second kappa shape index (κ2) is 8.45. The Morgan fingerprint density at radius 2 is 1.80 bits per heavy atom. The van der Waals surface area contributed by atoms with Crippen LogP contribution in [0, 0.1) is 13.8 Å². The van der Waals surface area contributed by atoms with Crippen LogP contribution in [-0.4, -0.2) is 29.1 Å². The summed E-state index contributed by atoms with van der Waals surface area (Å²) in [6.07, 6.45) is 4.03. The van der Waals surface area contributed by atoms with Gasteiger partial charge in [0.15, 0.2) is 0 Å². The van der Waals surface area contributed by atoms with Gasteiger partial charge in [0.1, 0.15) is 11.9 Å². The zero-order chi connectivity index (χ0) is 21.1. The van der Waals surface area contributed by atoms with E-state index in [1.807, 2.05) is 48.0 Å². The Bertz CT molecular complexity index is 1060. The summed E-state index contributed by atoms with van der Waals surface area (Å²) in [6, 6.07) is 17.2. The van der Waals surface area contributed by atoms with Gasteiger partial charge in [-0.3, -0.25) is 5.32 Å². The summed E-state index contributed by atoms with van der Waals surface area (Å²) in [7, 11) is 1.60. The summed E-state index contributed by atoms with van der Waals surface area (Å²) in [5.74, 6) is 0.901. The van der Waals surface area contributed by atoms with Crippen LogP contribution in [0.4, 0.5) is 10.5 Å². The first-order valence-corrected chi connectivity index (χ1v) is 9.96. The SMILES string of the molecule is COc1ccc(NC(=O)OC2C=CC(c3c(C)nn(-c4ccccc4)c3C)C2)cc1. The Labute approximate surface area is 176 Å². The van der Waals surface area contributed by atoms with Crippen LogP contribution in [0.25, 0.3) is 5.69 Å². The van der Waals surface area contributed by atoms with Crippen molar-refractivity contribution in [3.05, 3.63) is 83.7 Å². The minimum atomic E-state index is -0.469. The van der Waals surface area contributed by atoms with Crippen molar-refractivity contribution in [3.8, 4) is 11.4 Å². The molecule has 0 fully saturated rings. The van der Waals surface area contributed by atoms with Crippen molar-refractivity contribution in [2.45, 2.75) is 32.3 Å². The number of hydrogen-bond donors (Lipinski definition) is 1. The normalized spacial score (nSPS) is 17.7. The lowest BCUT2D eigenvalue weighted by molar-refractivity contribution is 0.132. The molecule has 1 amide bonds. The number of methoxy groups -OCH3 is 1. The molecule has 0 aliphatic heterocycles. The van der Waals surface area contributed by atoms with Crippen LogP contribution in [0.5, 0.6) is 5.75 Å². The summed E-state index contributed by atoms with van der Waals surface area (Å²) in [6.45, 7) is 4.11. The van der Waals surface area contributed by atoms with Crippen molar-refractivity contribution in [1.29, 1.82) is 0 Å². The predicted octanol–water partition coefficient (Wildman–Crippen LogP) is 5.16. The van der Waals surface area contributed by atoms with E-state index in [4.69, 9.17) is 14.6 Å². The first-order chi connectivity index (χ1) is 14.5.